The van der Waals surface area contributed by atoms with Crippen LogP contribution in [0.25, 0.3) is 22.0 Å². The van der Waals surface area contributed by atoms with Gasteiger partial charge in [-0.15, -0.1) is 0 Å². The molecule has 1 aromatic carbocycles. The van der Waals surface area contributed by atoms with Crippen LogP contribution in [0.2, 0.25) is 0 Å². The smallest absolute Gasteiger partial charge is 0.324 e. The van der Waals surface area contributed by atoms with Gasteiger partial charge in [-0.2, -0.15) is 13.2 Å². The fourth-order valence-electron chi connectivity index (χ4n) is 3.71. The van der Waals surface area contributed by atoms with Crippen LogP contribution in [0.15, 0.2) is 49.1 Å². The number of likely N-dealkylation sites (tertiary alicyclic amines) is 1. The van der Waals surface area contributed by atoms with Crippen LogP contribution in [0.4, 0.5) is 23.8 Å². The third-order valence-corrected chi connectivity index (χ3v) is 5.44. The van der Waals surface area contributed by atoms with Crippen molar-refractivity contribution in [1.82, 2.24) is 25.2 Å². The molecule has 32 heavy (non-hydrogen) atoms. The minimum absolute atomic E-state index is 0.0142. The number of fused-ring (bicyclic) bond motifs is 1. The number of pyridine rings is 1. The summed E-state index contributed by atoms with van der Waals surface area (Å²) < 4.78 is 36.8. The van der Waals surface area contributed by atoms with Crippen molar-refractivity contribution in [2.24, 2.45) is 0 Å². The Bertz CT molecular complexity index is 1070. The fourth-order valence-corrected chi connectivity index (χ4v) is 3.71. The van der Waals surface area contributed by atoms with Gasteiger partial charge >= 0.3 is 12.2 Å². The number of aromatic nitrogens is 3. The Morgan fingerprint density at radius 3 is 2.59 bits per heavy atom. The highest BCUT2D eigenvalue weighted by molar-refractivity contribution is 5.93. The zero-order valence-electron chi connectivity index (χ0n) is 17.3. The first-order valence-electron chi connectivity index (χ1n) is 10.4. The molecule has 7 nitrogen and oxygen atoms in total. The van der Waals surface area contributed by atoms with Gasteiger partial charge in [-0.3, -0.25) is 15.3 Å². The maximum Gasteiger partial charge on any atom is 0.390 e. The lowest BCUT2D eigenvalue weighted by molar-refractivity contribution is -0.133. The molecule has 0 aliphatic carbocycles. The van der Waals surface area contributed by atoms with Gasteiger partial charge in [0, 0.05) is 55.2 Å². The highest BCUT2D eigenvalue weighted by Crippen LogP contribution is 2.24. The third kappa shape index (κ3) is 5.70. The summed E-state index contributed by atoms with van der Waals surface area (Å²) in [4.78, 5) is 27.0. The number of halogens is 3. The molecule has 2 N–H and O–H groups in total. The average molecular weight is 444 g/mol. The Morgan fingerprint density at radius 2 is 1.88 bits per heavy atom. The summed E-state index contributed by atoms with van der Waals surface area (Å²) in [6, 6.07) is 7.37. The van der Waals surface area contributed by atoms with E-state index in [2.05, 4.69) is 25.6 Å². The van der Waals surface area contributed by atoms with Gasteiger partial charge in [0.2, 0.25) is 0 Å². The Morgan fingerprint density at radius 1 is 1.06 bits per heavy atom. The van der Waals surface area contributed by atoms with E-state index < -0.39 is 12.6 Å². The van der Waals surface area contributed by atoms with Crippen LogP contribution in [0.1, 0.15) is 19.3 Å². The molecule has 2 aromatic heterocycles. The van der Waals surface area contributed by atoms with E-state index in [1.807, 2.05) is 18.2 Å². The summed E-state index contributed by atoms with van der Waals surface area (Å²) >= 11 is 0. The number of nitrogens with one attached hydrogen (secondary N) is 2. The molecule has 168 valence electrons. The minimum atomic E-state index is -4.16. The van der Waals surface area contributed by atoms with Crippen molar-refractivity contribution in [1.29, 1.82) is 0 Å². The fraction of sp³-hybridized carbons (Fsp3) is 0.364. The maximum absolute atomic E-state index is 12.6. The molecule has 1 aliphatic heterocycles. The SMILES string of the molecule is O=C(Nc1cc2cc(-c3cnccn3)ccc2cn1)N1CCC(NCCC(F)(F)F)CC1. The van der Waals surface area contributed by atoms with Crippen LogP contribution >= 0.6 is 0 Å². The predicted molar refractivity (Wildman–Crippen MR) is 115 cm³/mol. The molecule has 0 radical (unpaired) electrons. The van der Waals surface area contributed by atoms with E-state index in [-0.39, 0.29) is 18.6 Å². The number of rotatable bonds is 5. The maximum atomic E-state index is 12.6. The van der Waals surface area contributed by atoms with Gasteiger partial charge in [0.25, 0.3) is 0 Å². The molecule has 10 heteroatoms. The Labute approximate surface area is 183 Å². The molecule has 4 rings (SSSR count). The molecule has 1 saturated heterocycles. The molecule has 0 saturated carbocycles. The lowest BCUT2D eigenvalue weighted by atomic mass is 10.1. The molecular formula is C22H23F3N6O. The van der Waals surface area contributed by atoms with E-state index in [0.717, 1.165) is 22.0 Å². The second-order valence-corrected chi connectivity index (χ2v) is 7.73. The summed E-state index contributed by atoms with van der Waals surface area (Å²) in [6.45, 7) is 0.845. The van der Waals surface area contributed by atoms with Crippen molar-refractivity contribution < 1.29 is 18.0 Å². The van der Waals surface area contributed by atoms with Crippen molar-refractivity contribution in [3.8, 4) is 11.3 Å². The summed E-state index contributed by atoms with van der Waals surface area (Å²) in [5.74, 6) is 0.434. The van der Waals surface area contributed by atoms with E-state index in [1.54, 1.807) is 35.8 Å². The molecule has 0 unspecified atom stereocenters. The van der Waals surface area contributed by atoms with Crippen LogP contribution < -0.4 is 10.6 Å². The number of hydrogen-bond acceptors (Lipinski definition) is 5. The molecule has 2 amide bonds. The Balaban J connectivity index is 1.34. The number of alkyl halides is 3. The predicted octanol–water partition coefficient (Wildman–Crippen LogP) is 4.23. The van der Waals surface area contributed by atoms with Crippen molar-refractivity contribution in [3.63, 3.8) is 0 Å². The van der Waals surface area contributed by atoms with Crippen molar-refractivity contribution in [3.05, 3.63) is 49.1 Å². The lowest BCUT2D eigenvalue weighted by Gasteiger charge is -2.32. The molecule has 0 spiro atoms. The molecular weight excluding hydrogens is 421 g/mol. The van der Waals surface area contributed by atoms with Crippen LogP contribution in [-0.2, 0) is 0 Å². The van der Waals surface area contributed by atoms with E-state index in [0.29, 0.717) is 31.7 Å². The largest absolute Gasteiger partial charge is 0.390 e. The highest BCUT2D eigenvalue weighted by Gasteiger charge is 2.28. The van der Waals surface area contributed by atoms with Gasteiger partial charge in [-0.05, 0) is 30.4 Å². The Kier molecular flexibility index (Phi) is 6.50. The number of benzene rings is 1. The first kappa shape index (κ1) is 21.9. The van der Waals surface area contributed by atoms with Crippen LogP contribution in [0.5, 0.6) is 0 Å². The lowest BCUT2D eigenvalue weighted by Crippen LogP contribution is -2.46. The van der Waals surface area contributed by atoms with Gasteiger partial charge in [0.1, 0.15) is 5.82 Å². The number of carbonyl (C=O) groups is 1. The van der Waals surface area contributed by atoms with E-state index in [9.17, 15) is 18.0 Å². The van der Waals surface area contributed by atoms with Gasteiger partial charge in [0.05, 0.1) is 18.3 Å². The number of nitrogens with zero attached hydrogens (tertiary/aromatic N) is 4. The first-order valence-corrected chi connectivity index (χ1v) is 10.4. The minimum Gasteiger partial charge on any atom is -0.324 e. The first-order chi connectivity index (χ1) is 15.4. The molecule has 3 aromatic rings. The molecule has 0 bridgehead atoms. The number of carbonyl (C=O) groups excluding carboxylic acids is 1. The number of piperidine rings is 1. The standard InChI is InChI=1S/C22H23F3N6O/c23-22(24,25)5-6-27-18-3-9-31(10-4-18)21(32)30-20-12-17-11-15(1-2-16(17)13-29-20)19-14-26-7-8-28-19/h1-2,7-8,11-14,18,27H,3-6,9-10H2,(H,29,30,32). The summed E-state index contributed by atoms with van der Waals surface area (Å²) in [5, 5.41) is 7.59. The second-order valence-electron chi connectivity index (χ2n) is 7.73. The van der Waals surface area contributed by atoms with Gasteiger partial charge in [0.15, 0.2) is 0 Å². The number of hydrogen-bond donors (Lipinski definition) is 2. The van der Waals surface area contributed by atoms with Crippen LogP contribution in [0.3, 0.4) is 0 Å². The number of urea groups is 1. The topological polar surface area (TPSA) is 83.0 Å². The Hall–Kier alpha value is -3.27. The normalized spacial score (nSPS) is 15.2. The summed E-state index contributed by atoms with van der Waals surface area (Å²) in [5.41, 5.74) is 1.66. The van der Waals surface area contributed by atoms with Gasteiger partial charge in [-0.1, -0.05) is 12.1 Å². The zero-order valence-corrected chi connectivity index (χ0v) is 17.3. The highest BCUT2D eigenvalue weighted by atomic mass is 19.4. The monoisotopic (exact) mass is 444 g/mol. The van der Waals surface area contributed by atoms with Gasteiger partial charge < -0.3 is 10.2 Å². The van der Waals surface area contributed by atoms with Crippen LogP contribution in [0, 0.1) is 0 Å². The third-order valence-electron chi connectivity index (χ3n) is 5.44. The molecule has 3 heterocycles. The summed E-state index contributed by atoms with van der Waals surface area (Å²) in [6.07, 6.45) is 2.84. The van der Waals surface area contributed by atoms with Crippen molar-refractivity contribution in [2.75, 3.05) is 25.0 Å². The second kappa shape index (κ2) is 9.47. The molecule has 1 aliphatic rings. The zero-order chi connectivity index (χ0) is 22.6. The number of anilines is 1. The van der Waals surface area contributed by atoms with Crippen LogP contribution in [-0.4, -0.2) is 57.7 Å². The molecule has 0 atom stereocenters. The average Bonchev–Trinajstić information content (AvgIpc) is 2.79. The summed E-state index contributed by atoms with van der Waals surface area (Å²) in [7, 11) is 0. The number of amides is 2. The van der Waals surface area contributed by atoms with Crippen molar-refractivity contribution >= 4 is 22.6 Å². The van der Waals surface area contributed by atoms with Crippen molar-refractivity contribution in [2.45, 2.75) is 31.5 Å². The molecule has 1 fully saturated rings. The van der Waals surface area contributed by atoms with E-state index >= 15 is 0 Å². The van der Waals surface area contributed by atoms with E-state index in [1.165, 1.54) is 0 Å². The van der Waals surface area contributed by atoms with Gasteiger partial charge in [-0.25, -0.2) is 9.78 Å². The van der Waals surface area contributed by atoms with E-state index in [4.69, 9.17) is 0 Å². The quantitative estimate of drug-likeness (QED) is 0.616.